The van der Waals surface area contributed by atoms with Crippen molar-refractivity contribution in [2.75, 3.05) is 20.1 Å². The van der Waals surface area contributed by atoms with E-state index in [1.165, 1.54) is 14.2 Å². The minimum atomic E-state index is -3.25. The van der Waals surface area contributed by atoms with Gasteiger partial charge in [0.2, 0.25) is 0 Å². The fraction of sp³-hybridized carbons (Fsp3) is 0.600. The highest BCUT2D eigenvalue weighted by atomic mass is 35.5. The Morgan fingerprint density at radius 2 is 2.09 bits per heavy atom. The van der Waals surface area contributed by atoms with E-state index in [-0.39, 0.29) is 11.6 Å². The summed E-state index contributed by atoms with van der Waals surface area (Å²) in [6.45, 7) is 0. The van der Waals surface area contributed by atoms with E-state index in [1.54, 1.807) is 0 Å². The van der Waals surface area contributed by atoms with Gasteiger partial charge >= 0.3 is 7.60 Å². The maximum atomic E-state index is 11.2. The third kappa shape index (κ3) is 3.77. The van der Waals surface area contributed by atoms with Crippen molar-refractivity contribution >= 4 is 19.2 Å². The summed E-state index contributed by atoms with van der Waals surface area (Å²) >= 11 is 5.22. The van der Waals surface area contributed by atoms with E-state index in [1.807, 2.05) is 0 Å². The summed E-state index contributed by atoms with van der Waals surface area (Å²) in [7, 11) is -0.801. The lowest BCUT2D eigenvalue weighted by Crippen LogP contribution is -1.88. The van der Waals surface area contributed by atoms with Crippen LogP contribution in [0.25, 0.3) is 0 Å². The van der Waals surface area contributed by atoms with Gasteiger partial charge in [0.15, 0.2) is 0 Å². The first-order valence-corrected chi connectivity index (χ1v) is 4.90. The first kappa shape index (κ1) is 11.0. The van der Waals surface area contributed by atoms with Crippen LogP contribution in [0, 0.1) is 0 Å². The lowest BCUT2D eigenvalue weighted by atomic mass is 10.7. The first-order valence-electron chi connectivity index (χ1n) is 2.76. The van der Waals surface area contributed by atoms with Crippen molar-refractivity contribution in [1.82, 2.24) is 0 Å². The second kappa shape index (κ2) is 4.78. The Morgan fingerprint density at radius 1 is 1.64 bits per heavy atom. The number of hydrogen-bond donors (Lipinski definition) is 1. The Hall–Kier alpha value is -0.0200. The van der Waals surface area contributed by atoms with E-state index in [0.29, 0.717) is 0 Å². The molecule has 0 saturated heterocycles. The standard InChI is InChI=1S/C5H10ClO4P/c1-9-11(8,10-2)4-5(7)3-6/h4,7H,3H2,1-2H3/b5-4-. The lowest BCUT2D eigenvalue weighted by Gasteiger charge is -2.08. The lowest BCUT2D eigenvalue weighted by molar-refractivity contribution is 0.284. The van der Waals surface area contributed by atoms with Crippen molar-refractivity contribution < 1.29 is 18.7 Å². The van der Waals surface area contributed by atoms with Crippen LogP contribution in [0.3, 0.4) is 0 Å². The second-order valence-corrected chi connectivity index (χ2v) is 3.99. The molecule has 0 radical (unpaired) electrons. The fourth-order valence-corrected chi connectivity index (χ4v) is 1.40. The van der Waals surface area contributed by atoms with Crippen molar-refractivity contribution in [3.05, 3.63) is 11.6 Å². The average molecular weight is 201 g/mol. The minimum Gasteiger partial charge on any atom is -0.511 e. The van der Waals surface area contributed by atoms with E-state index < -0.39 is 7.60 Å². The van der Waals surface area contributed by atoms with Crippen LogP contribution >= 0.6 is 19.2 Å². The van der Waals surface area contributed by atoms with E-state index in [2.05, 4.69) is 9.05 Å². The van der Waals surface area contributed by atoms with E-state index >= 15 is 0 Å². The van der Waals surface area contributed by atoms with Gasteiger partial charge in [-0.2, -0.15) is 0 Å². The molecule has 66 valence electrons. The zero-order valence-corrected chi connectivity index (χ0v) is 7.93. The second-order valence-electron chi connectivity index (χ2n) is 1.66. The van der Waals surface area contributed by atoms with Crippen LogP contribution in [0.15, 0.2) is 11.6 Å². The molecule has 0 heterocycles. The summed E-state index contributed by atoms with van der Waals surface area (Å²) < 4.78 is 20.2. The molecule has 0 aliphatic rings. The summed E-state index contributed by atoms with van der Waals surface area (Å²) in [6.07, 6.45) is 0. The summed E-state index contributed by atoms with van der Waals surface area (Å²) in [6, 6.07) is 0. The molecule has 1 N–H and O–H groups in total. The van der Waals surface area contributed by atoms with Gasteiger partial charge in [-0.05, 0) is 0 Å². The van der Waals surface area contributed by atoms with Gasteiger partial charge in [0.25, 0.3) is 0 Å². The number of allylic oxidation sites excluding steroid dienone is 1. The molecule has 0 spiro atoms. The monoisotopic (exact) mass is 200 g/mol. The summed E-state index contributed by atoms with van der Waals surface area (Å²) in [5.41, 5.74) is 0. The topological polar surface area (TPSA) is 55.8 Å². The Balaban J connectivity index is 4.42. The van der Waals surface area contributed by atoms with Crippen LogP contribution in [-0.4, -0.2) is 25.2 Å². The molecule has 4 nitrogen and oxygen atoms in total. The van der Waals surface area contributed by atoms with Crippen molar-refractivity contribution in [2.45, 2.75) is 0 Å². The van der Waals surface area contributed by atoms with Crippen LogP contribution in [0.5, 0.6) is 0 Å². The number of halogens is 1. The van der Waals surface area contributed by atoms with Gasteiger partial charge in [0.05, 0.1) is 11.7 Å². The molecule has 0 aliphatic carbocycles. The van der Waals surface area contributed by atoms with E-state index in [4.69, 9.17) is 16.7 Å². The molecule has 0 bridgehead atoms. The largest absolute Gasteiger partial charge is 0.511 e. The fourth-order valence-electron chi connectivity index (χ4n) is 0.397. The molecule has 0 amide bonds. The molecule has 11 heavy (non-hydrogen) atoms. The quantitative estimate of drug-likeness (QED) is 0.429. The van der Waals surface area contributed by atoms with Crippen LogP contribution in [0.1, 0.15) is 0 Å². The van der Waals surface area contributed by atoms with Gasteiger partial charge in [0, 0.05) is 14.2 Å². The summed E-state index contributed by atoms with van der Waals surface area (Å²) in [4.78, 5) is 0. The normalized spacial score (nSPS) is 13.5. The summed E-state index contributed by atoms with van der Waals surface area (Å²) in [5, 5.41) is 8.85. The number of alkyl halides is 1. The molecule has 0 aromatic rings. The van der Waals surface area contributed by atoms with Crippen LogP contribution in [0.2, 0.25) is 0 Å². The number of aliphatic hydroxyl groups is 1. The Labute approximate surface area is 70.3 Å². The predicted molar refractivity (Wildman–Crippen MR) is 43.1 cm³/mol. The maximum Gasteiger partial charge on any atom is 0.357 e. The van der Waals surface area contributed by atoms with Crippen LogP contribution in [0.4, 0.5) is 0 Å². The van der Waals surface area contributed by atoms with Crippen LogP contribution < -0.4 is 0 Å². The molecule has 0 saturated carbocycles. The highest BCUT2D eigenvalue weighted by Crippen LogP contribution is 2.48. The van der Waals surface area contributed by atoms with Gasteiger partial charge < -0.3 is 14.2 Å². The molecule has 0 aromatic carbocycles. The predicted octanol–water partition coefficient (Wildman–Crippen LogP) is 2.11. The molecular formula is C5H10ClO4P. The Bertz CT molecular complexity index is 183. The third-order valence-electron chi connectivity index (χ3n) is 0.953. The number of aliphatic hydroxyl groups excluding tert-OH is 1. The Morgan fingerprint density at radius 3 is 2.36 bits per heavy atom. The Kier molecular flexibility index (Phi) is 4.77. The van der Waals surface area contributed by atoms with Crippen molar-refractivity contribution in [3.8, 4) is 0 Å². The molecule has 0 unspecified atom stereocenters. The molecular weight excluding hydrogens is 190 g/mol. The average Bonchev–Trinajstić information content (AvgIpc) is 2.04. The molecule has 0 aromatic heterocycles. The minimum absolute atomic E-state index is 0.114. The molecule has 0 atom stereocenters. The van der Waals surface area contributed by atoms with E-state index in [0.717, 1.165) is 5.82 Å². The zero-order valence-electron chi connectivity index (χ0n) is 6.28. The zero-order chi connectivity index (χ0) is 8.91. The number of hydrogen-bond acceptors (Lipinski definition) is 4. The van der Waals surface area contributed by atoms with E-state index in [9.17, 15) is 4.57 Å². The third-order valence-corrected chi connectivity index (χ3v) is 2.86. The maximum absolute atomic E-state index is 11.2. The molecule has 0 fully saturated rings. The molecule has 6 heteroatoms. The van der Waals surface area contributed by atoms with Gasteiger partial charge in [-0.1, -0.05) is 0 Å². The van der Waals surface area contributed by atoms with Crippen molar-refractivity contribution in [2.24, 2.45) is 0 Å². The van der Waals surface area contributed by atoms with Crippen molar-refractivity contribution in [3.63, 3.8) is 0 Å². The number of rotatable bonds is 4. The first-order chi connectivity index (χ1) is 5.08. The smallest absolute Gasteiger partial charge is 0.357 e. The molecule has 0 aliphatic heterocycles. The summed E-state index contributed by atoms with van der Waals surface area (Å²) in [5.74, 6) is 0.634. The van der Waals surface area contributed by atoms with Crippen LogP contribution in [-0.2, 0) is 13.6 Å². The highest BCUT2D eigenvalue weighted by molar-refractivity contribution is 7.57. The van der Waals surface area contributed by atoms with Gasteiger partial charge in [-0.15, -0.1) is 11.6 Å². The van der Waals surface area contributed by atoms with Gasteiger partial charge in [-0.25, -0.2) is 0 Å². The van der Waals surface area contributed by atoms with Gasteiger partial charge in [-0.3, -0.25) is 4.57 Å². The highest BCUT2D eigenvalue weighted by Gasteiger charge is 2.17. The SMILES string of the molecule is COP(=O)(/C=C(\O)CCl)OC. The molecule has 0 rings (SSSR count). The van der Waals surface area contributed by atoms with Crippen molar-refractivity contribution in [1.29, 1.82) is 0 Å². The van der Waals surface area contributed by atoms with Gasteiger partial charge in [0.1, 0.15) is 5.76 Å².